The fourth-order valence-corrected chi connectivity index (χ4v) is 2.70. The molecule has 0 unspecified atom stereocenters. The third-order valence-electron chi connectivity index (χ3n) is 3.38. The third kappa shape index (κ3) is 4.47. The summed E-state index contributed by atoms with van der Waals surface area (Å²) < 4.78 is 32.8. The average Bonchev–Trinajstić information content (AvgIpc) is 2.63. The first-order valence-electron chi connectivity index (χ1n) is 7.39. The van der Waals surface area contributed by atoms with E-state index in [-0.39, 0.29) is 22.3 Å². The van der Waals surface area contributed by atoms with Crippen LogP contribution in [0.1, 0.15) is 10.4 Å². The highest BCUT2D eigenvalue weighted by Gasteiger charge is 2.19. The van der Waals surface area contributed by atoms with Gasteiger partial charge < -0.3 is 10.1 Å². The maximum absolute atomic E-state index is 13.8. The van der Waals surface area contributed by atoms with Crippen LogP contribution in [-0.2, 0) is 0 Å². The Morgan fingerprint density at radius 3 is 2.41 bits per heavy atom. The highest BCUT2D eigenvalue weighted by Crippen LogP contribution is 2.32. The summed E-state index contributed by atoms with van der Waals surface area (Å²) in [4.78, 5) is 16.2. The van der Waals surface area contributed by atoms with Gasteiger partial charge in [0.05, 0.1) is 20.6 Å². The Balaban J connectivity index is 1.79. The van der Waals surface area contributed by atoms with Crippen molar-refractivity contribution in [2.75, 3.05) is 5.32 Å². The monoisotopic (exact) mass is 428 g/mol. The van der Waals surface area contributed by atoms with Crippen molar-refractivity contribution in [1.29, 1.82) is 0 Å². The Morgan fingerprint density at radius 1 is 1.00 bits per heavy atom. The summed E-state index contributed by atoms with van der Waals surface area (Å²) in [5.74, 6) is -2.22. The first-order chi connectivity index (χ1) is 12.8. The number of carbonyl (C=O) groups excluding carboxylic acids is 1. The van der Waals surface area contributed by atoms with Gasteiger partial charge in [-0.3, -0.25) is 4.79 Å². The molecule has 0 saturated carbocycles. The number of amides is 1. The summed E-state index contributed by atoms with van der Waals surface area (Å²) in [5.41, 5.74) is -0.361. The topological polar surface area (TPSA) is 51.2 Å². The van der Waals surface area contributed by atoms with Gasteiger partial charge in [-0.2, -0.15) is 0 Å². The fraction of sp³-hybridized carbons (Fsp3) is 0. The standard InChI is InChI=1S/C18H9Cl3F2N2O2/c19-9-1-6-15(24-8-9)27-14-5-2-10(7-11(14)20)25-18(26)16-12(22)3-4-13(23)17(16)21/h1-8H,(H,25,26). The van der Waals surface area contributed by atoms with E-state index < -0.39 is 28.1 Å². The summed E-state index contributed by atoms with van der Waals surface area (Å²) in [6, 6.07) is 9.15. The summed E-state index contributed by atoms with van der Waals surface area (Å²) in [7, 11) is 0. The zero-order chi connectivity index (χ0) is 19.6. The van der Waals surface area contributed by atoms with E-state index in [1.807, 2.05) is 0 Å². The lowest BCUT2D eigenvalue weighted by atomic mass is 10.2. The molecule has 0 atom stereocenters. The molecular weight excluding hydrogens is 421 g/mol. The molecule has 27 heavy (non-hydrogen) atoms. The van der Waals surface area contributed by atoms with E-state index in [0.717, 1.165) is 12.1 Å². The van der Waals surface area contributed by atoms with Crippen molar-refractivity contribution in [1.82, 2.24) is 4.98 Å². The van der Waals surface area contributed by atoms with Crippen LogP contribution in [0.3, 0.4) is 0 Å². The predicted molar refractivity (Wildman–Crippen MR) is 100 cm³/mol. The number of rotatable bonds is 4. The lowest BCUT2D eigenvalue weighted by Crippen LogP contribution is -2.15. The third-order valence-corrected chi connectivity index (χ3v) is 4.26. The van der Waals surface area contributed by atoms with Gasteiger partial charge >= 0.3 is 0 Å². The van der Waals surface area contributed by atoms with Crippen LogP contribution >= 0.6 is 34.8 Å². The zero-order valence-electron chi connectivity index (χ0n) is 13.3. The van der Waals surface area contributed by atoms with Crippen LogP contribution in [0.25, 0.3) is 0 Å². The van der Waals surface area contributed by atoms with Gasteiger partial charge in [0.2, 0.25) is 5.88 Å². The van der Waals surface area contributed by atoms with Crippen LogP contribution in [-0.4, -0.2) is 10.9 Å². The Bertz CT molecular complexity index is 1010. The molecule has 9 heteroatoms. The molecule has 3 aromatic rings. The van der Waals surface area contributed by atoms with E-state index in [2.05, 4.69) is 10.3 Å². The fourth-order valence-electron chi connectivity index (χ4n) is 2.13. The summed E-state index contributed by atoms with van der Waals surface area (Å²) >= 11 is 17.6. The Labute approximate surface area is 167 Å². The van der Waals surface area contributed by atoms with Gasteiger partial charge in [-0.05, 0) is 36.4 Å². The molecule has 0 spiro atoms. The van der Waals surface area contributed by atoms with Gasteiger partial charge in [0.25, 0.3) is 5.91 Å². The number of hydrogen-bond donors (Lipinski definition) is 1. The number of pyridine rings is 1. The molecule has 1 amide bonds. The Kier molecular flexibility index (Phi) is 5.79. The van der Waals surface area contributed by atoms with Crippen molar-refractivity contribution in [2.24, 2.45) is 0 Å². The van der Waals surface area contributed by atoms with Gasteiger partial charge in [0.15, 0.2) is 0 Å². The molecule has 0 radical (unpaired) electrons. The van der Waals surface area contributed by atoms with Crippen LogP contribution in [0.5, 0.6) is 11.6 Å². The normalized spacial score (nSPS) is 10.6. The number of hydrogen-bond acceptors (Lipinski definition) is 3. The van der Waals surface area contributed by atoms with E-state index >= 15 is 0 Å². The number of nitrogens with one attached hydrogen (secondary N) is 1. The number of anilines is 1. The van der Waals surface area contributed by atoms with Gasteiger partial charge in [-0.1, -0.05) is 34.8 Å². The van der Waals surface area contributed by atoms with Gasteiger partial charge in [0, 0.05) is 18.0 Å². The minimum absolute atomic E-state index is 0.162. The molecule has 0 bridgehead atoms. The second kappa shape index (κ2) is 8.08. The number of halogens is 5. The molecule has 138 valence electrons. The molecule has 3 rings (SSSR count). The molecule has 0 fully saturated rings. The highest BCUT2D eigenvalue weighted by molar-refractivity contribution is 6.35. The summed E-state index contributed by atoms with van der Waals surface area (Å²) in [5, 5.41) is 2.41. The molecule has 1 aromatic heterocycles. The van der Waals surface area contributed by atoms with Crippen molar-refractivity contribution in [3.63, 3.8) is 0 Å². The maximum Gasteiger partial charge on any atom is 0.260 e. The SMILES string of the molecule is O=C(Nc1ccc(Oc2ccc(Cl)cn2)c(Cl)c1)c1c(F)ccc(F)c1Cl. The second-order valence-corrected chi connectivity index (χ2v) is 6.46. The van der Waals surface area contributed by atoms with Crippen LogP contribution in [0, 0.1) is 11.6 Å². The predicted octanol–water partition coefficient (Wildman–Crippen LogP) is 6.36. The van der Waals surface area contributed by atoms with Crippen LogP contribution in [0.2, 0.25) is 15.1 Å². The van der Waals surface area contributed by atoms with Crippen LogP contribution < -0.4 is 10.1 Å². The highest BCUT2D eigenvalue weighted by atomic mass is 35.5. The largest absolute Gasteiger partial charge is 0.437 e. The minimum Gasteiger partial charge on any atom is -0.437 e. The molecule has 4 nitrogen and oxygen atoms in total. The quantitative estimate of drug-likeness (QED) is 0.491. The first-order valence-corrected chi connectivity index (χ1v) is 8.52. The molecule has 2 aromatic carbocycles. The van der Waals surface area contributed by atoms with E-state index in [9.17, 15) is 13.6 Å². The molecule has 0 saturated heterocycles. The smallest absolute Gasteiger partial charge is 0.260 e. The lowest BCUT2D eigenvalue weighted by molar-refractivity contribution is 0.102. The number of ether oxygens (including phenoxy) is 1. The molecule has 1 heterocycles. The first kappa shape index (κ1) is 19.4. The van der Waals surface area contributed by atoms with Crippen LogP contribution in [0.4, 0.5) is 14.5 Å². The maximum atomic E-state index is 13.8. The van der Waals surface area contributed by atoms with Gasteiger partial charge in [0.1, 0.15) is 17.4 Å². The molecule has 0 aliphatic heterocycles. The van der Waals surface area contributed by atoms with Crippen molar-refractivity contribution >= 4 is 46.4 Å². The van der Waals surface area contributed by atoms with E-state index in [4.69, 9.17) is 39.5 Å². The van der Waals surface area contributed by atoms with E-state index in [1.165, 1.54) is 24.4 Å². The minimum atomic E-state index is -0.946. The van der Waals surface area contributed by atoms with E-state index in [1.54, 1.807) is 12.1 Å². The molecule has 0 aliphatic rings. The summed E-state index contributed by atoms with van der Waals surface area (Å²) in [6.45, 7) is 0. The van der Waals surface area contributed by atoms with Crippen molar-refractivity contribution in [3.8, 4) is 11.6 Å². The number of nitrogens with zero attached hydrogens (tertiary/aromatic N) is 1. The number of carbonyl (C=O) groups is 1. The van der Waals surface area contributed by atoms with Crippen molar-refractivity contribution in [3.05, 3.63) is 80.9 Å². The average molecular weight is 430 g/mol. The van der Waals surface area contributed by atoms with Gasteiger partial charge in [-0.15, -0.1) is 0 Å². The molecule has 1 N–H and O–H groups in total. The zero-order valence-corrected chi connectivity index (χ0v) is 15.5. The van der Waals surface area contributed by atoms with Crippen molar-refractivity contribution in [2.45, 2.75) is 0 Å². The molecule has 0 aliphatic carbocycles. The van der Waals surface area contributed by atoms with Gasteiger partial charge in [-0.25, -0.2) is 13.8 Å². The van der Waals surface area contributed by atoms with Crippen LogP contribution in [0.15, 0.2) is 48.7 Å². The number of aromatic nitrogens is 1. The summed E-state index contributed by atoms with van der Waals surface area (Å²) in [6.07, 6.45) is 1.41. The lowest BCUT2D eigenvalue weighted by Gasteiger charge is -2.11. The second-order valence-electron chi connectivity index (χ2n) is 5.23. The molecular formula is C18H9Cl3F2N2O2. The van der Waals surface area contributed by atoms with Crippen molar-refractivity contribution < 1.29 is 18.3 Å². The van der Waals surface area contributed by atoms with E-state index in [0.29, 0.717) is 5.02 Å². The number of benzene rings is 2. The Morgan fingerprint density at radius 2 is 1.74 bits per heavy atom. The Hall–Kier alpha value is -2.41.